The van der Waals surface area contributed by atoms with Gasteiger partial charge in [-0.1, -0.05) is 17.8 Å². The molecule has 1 aromatic rings. The molecule has 0 radical (unpaired) electrons. The minimum atomic E-state index is -1.10. The van der Waals surface area contributed by atoms with Gasteiger partial charge in [-0.05, 0) is 25.5 Å². The Hall–Kier alpha value is -2.09. The molecule has 0 saturated heterocycles. The fourth-order valence-corrected chi connectivity index (χ4v) is 2.52. The highest BCUT2D eigenvalue weighted by molar-refractivity contribution is 8.13. The van der Waals surface area contributed by atoms with Gasteiger partial charge in [-0.3, -0.25) is 14.6 Å². The fourth-order valence-electron chi connectivity index (χ4n) is 1.83. The zero-order valence-electron chi connectivity index (χ0n) is 13.1. The quantitative estimate of drug-likeness (QED) is 0.661. The molecule has 1 rings (SSSR count). The van der Waals surface area contributed by atoms with Crippen molar-refractivity contribution in [3.8, 4) is 0 Å². The van der Waals surface area contributed by atoms with Gasteiger partial charge in [0.25, 0.3) is 0 Å². The van der Waals surface area contributed by atoms with E-state index in [1.165, 1.54) is 25.6 Å². The lowest BCUT2D eigenvalue weighted by molar-refractivity contribution is -0.138. The third kappa shape index (κ3) is 8.20. The van der Waals surface area contributed by atoms with Crippen LogP contribution in [0.25, 0.3) is 0 Å². The Kier molecular flexibility index (Phi) is 8.10. The van der Waals surface area contributed by atoms with Crippen molar-refractivity contribution in [2.75, 3.05) is 5.75 Å². The van der Waals surface area contributed by atoms with E-state index in [0.29, 0.717) is 18.6 Å². The maximum atomic E-state index is 11.9. The third-order valence-corrected chi connectivity index (χ3v) is 3.85. The molecule has 3 N–H and O–H groups in total. The Morgan fingerprint density at radius 1 is 1.30 bits per heavy atom. The predicted octanol–water partition coefficient (Wildman–Crippen LogP) is 1.43. The molecule has 126 valence electrons. The van der Waals surface area contributed by atoms with Gasteiger partial charge in [0.05, 0.1) is 0 Å². The van der Waals surface area contributed by atoms with Crippen molar-refractivity contribution in [2.24, 2.45) is 0 Å². The number of carbonyl (C=O) groups excluding carboxylic acids is 2. The number of hydrogen-bond donors (Lipinski definition) is 3. The minimum Gasteiger partial charge on any atom is -0.480 e. The molecule has 0 bridgehead atoms. The van der Waals surface area contributed by atoms with Crippen LogP contribution < -0.4 is 10.6 Å². The van der Waals surface area contributed by atoms with Gasteiger partial charge in [0.1, 0.15) is 6.04 Å². The molecule has 0 spiro atoms. The number of carboxylic acids is 1. The highest BCUT2D eigenvalue weighted by Crippen LogP contribution is 2.09. The Bertz CT molecular complexity index is 539. The highest BCUT2D eigenvalue weighted by Gasteiger charge is 2.18. The molecule has 7 nitrogen and oxygen atoms in total. The van der Waals surface area contributed by atoms with Crippen LogP contribution in [-0.4, -0.2) is 45.0 Å². The van der Waals surface area contributed by atoms with Crippen molar-refractivity contribution < 1.29 is 19.5 Å². The normalized spacial score (nSPS) is 13.0. The molecule has 0 aliphatic carbocycles. The van der Waals surface area contributed by atoms with Crippen LogP contribution in [0.5, 0.6) is 0 Å². The van der Waals surface area contributed by atoms with E-state index < -0.39 is 18.0 Å². The number of urea groups is 1. The summed E-state index contributed by atoms with van der Waals surface area (Å²) in [7, 11) is 0. The monoisotopic (exact) mass is 339 g/mol. The Morgan fingerprint density at radius 2 is 2.04 bits per heavy atom. The van der Waals surface area contributed by atoms with Crippen molar-refractivity contribution in [2.45, 2.75) is 38.8 Å². The summed E-state index contributed by atoms with van der Waals surface area (Å²) in [4.78, 5) is 37.9. The molecule has 0 aliphatic heterocycles. The van der Waals surface area contributed by atoms with Gasteiger partial charge in [0.2, 0.25) is 0 Å². The number of nitrogens with one attached hydrogen (secondary N) is 2. The van der Waals surface area contributed by atoms with Crippen molar-refractivity contribution in [1.29, 1.82) is 0 Å². The van der Waals surface area contributed by atoms with Gasteiger partial charge in [-0.2, -0.15) is 0 Å². The summed E-state index contributed by atoms with van der Waals surface area (Å²) in [5.74, 6) is -0.532. The van der Waals surface area contributed by atoms with Gasteiger partial charge in [0, 0.05) is 37.0 Å². The molecule has 2 amide bonds. The molecule has 23 heavy (non-hydrogen) atoms. The average Bonchev–Trinajstić information content (AvgIpc) is 2.47. The number of aromatic nitrogens is 1. The number of amides is 2. The summed E-state index contributed by atoms with van der Waals surface area (Å²) in [5, 5.41) is 13.9. The Labute approximate surface area is 139 Å². The SMILES string of the molecule is CC(=O)SCCC(Cc1ccccn1)NC(=O)N[C@@H](C)C(=O)O. The number of thioether (sulfide) groups is 1. The third-order valence-electron chi connectivity index (χ3n) is 3.01. The predicted molar refractivity (Wildman–Crippen MR) is 88.3 cm³/mol. The number of rotatable bonds is 8. The summed E-state index contributed by atoms with van der Waals surface area (Å²) in [6, 6.07) is 3.75. The summed E-state index contributed by atoms with van der Waals surface area (Å²) in [6.45, 7) is 2.88. The number of nitrogens with zero attached hydrogens (tertiary/aromatic N) is 1. The van der Waals surface area contributed by atoms with Gasteiger partial charge >= 0.3 is 12.0 Å². The van der Waals surface area contributed by atoms with Crippen LogP contribution in [0.4, 0.5) is 4.79 Å². The number of pyridine rings is 1. The van der Waals surface area contributed by atoms with Crippen molar-refractivity contribution in [3.05, 3.63) is 30.1 Å². The topological polar surface area (TPSA) is 108 Å². The molecule has 0 aromatic carbocycles. The molecule has 0 aliphatic rings. The zero-order chi connectivity index (χ0) is 17.2. The van der Waals surface area contributed by atoms with E-state index in [1.807, 2.05) is 12.1 Å². The van der Waals surface area contributed by atoms with Gasteiger partial charge < -0.3 is 15.7 Å². The van der Waals surface area contributed by atoms with E-state index in [-0.39, 0.29) is 11.2 Å². The van der Waals surface area contributed by atoms with E-state index in [9.17, 15) is 14.4 Å². The van der Waals surface area contributed by atoms with E-state index >= 15 is 0 Å². The maximum Gasteiger partial charge on any atom is 0.325 e. The van der Waals surface area contributed by atoms with E-state index in [1.54, 1.807) is 12.3 Å². The van der Waals surface area contributed by atoms with Crippen molar-refractivity contribution in [3.63, 3.8) is 0 Å². The van der Waals surface area contributed by atoms with Crippen LogP contribution in [0.2, 0.25) is 0 Å². The first-order chi connectivity index (χ1) is 10.9. The van der Waals surface area contributed by atoms with Crippen LogP contribution in [0.1, 0.15) is 26.0 Å². The summed E-state index contributed by atoms with van der Waals surface area (Å²) in [6.07, 6.45) is 2.76. The van der Waals surface area contributed by atoms with Crippen LogP contribution in [0, 0.1) is 0 Å². The second-order valence-electron chi connectivity index (χ2n) is 5.03. The van der Waals surface area contributed by atoms with Crippen molar-refractivity contribution >= 4 is 28.9 Å². The second kappa shape index (κ2) is 9.83. The van der Waals surface area contributed by atoms with E-state index in [2.05, 4.69) is 15.6 Å². The second-order valence-corrected chi connectivity index (χ2v) is 6.30. The number of hydrogen-bond acceptors (Lipinski definition) is 5. The maximum absolute atomic E-state index is 11.9. The lowest BCUT2D eigenvalue weighted by atomic mass is 10.1. The average molecular weight is 339 g/mol. The highest BCUT2D eigenvalue weighted by atomic mass is 32.2. The molecule has 0 fully saturated rings. The number of aliphatic carboxylic acids is 1. The van der Waals surface area contributed by atoms with Crippen LogP contribution >= 0.6 is 11.8 Å². The smallest absolute Gasteiger partial charge is 0.325 e. The Balaban J connectivity index is 2.60. The Morgan fingerprint density at radius 3 is 2.61 bits per heavy atom. The first-order valence-electron chi connectivity index (χ1n) is 7.21. The van der Waals surface area contributed by atoms with Crippen LogP contribution in [0.15, 0.2) is 24.4 Å². The fraction of sp³-hybridized carbons (Fsp3) is 0.467. The van der Waals surface area contributed by atoms with Crippen molar-refractivity contribution in [1.82, 2.24) is 15.6 Å². The zero-order valence-corrected chi connectivity index (χ0v) is 13.9. The summed E-state index contributed by atoms with van der Waals surface area (Å²) >= 11 is 1.19. The van der Waals surface area contributed by atoms with Gasteiger partial charge in [-0.25, -0.2) is 4.79 Å². The summed E-state index contributed by atoms with van der Waals surface area (Å²) in [5.41, 5.74) is 0.817. The first kappa shape index (κ1) is 19.0. The van der Waals surface area contributed by atoms with E-state index in [4.69, 9.17) is 5.11 Å². The number of carbonyl (C=O) groups is 3. The molecule has 1 heterocycles. The van der Waals surface area contributed by atoms with Crippen LogP contribution in [0.3, 0.4) is 0 Å². The standard InChI is InChI=1S/C15H21N3O4S/c1-10(14(20)21)17-15(22)18-13(6-8-23-11(2)19)9-12-5-3-4-7-16-12/h3-5,7,10,13H,6,8-9H2,1-2H3,(H,20,21)(H2,17,18,22)/t10-,13?/m0/s1. The van der Waals surface area contributed by atoms with E-state index in [0.717, 1.165) is 5.69 Å². The molecule has 1 aromatic heterocycles. The van der Waals surface area contributed by atoms with Gasteiger partial charge in [0.15, 0.2) is 5.12 Å². The van der Waals surface area contributed by atoms with Crippen LogP contribution in [-0.2, 0) is 16.0 Å². The summed E-state index contributed by atoms with van der Waals surface area (Å²) < 4.78 is 0. The molecule has 1 unspecified atom stereocenters. The lowest BCUT2D eigenvalue weighted by Gasteiger charge is -2.19. The molecule has 8 heteroatoms. The molecular weight excluding hydrogens is 318 g/mol. The molecular formula is C15H21N3O4S. The molecule has 0 saturated carbocycles. The first-order valence-corrected chi connectivity index (χ1v) is 8.20. The number of carboxylic acid groups (broad SMARTS) is 1. The minimum absolute atomic E-state index is 0.0190. The lowest BCUT2D eigenvalue weighted by Crippen LogP contribution is -2.48. The largest absolute Gasteiger partial charge is 0.480 e. The van der Waals surface area contributed by atoms with Gasteiger partial charge in [-0.15, -0.1) is 0 Å². The molecule has 2 atom stereocenters.